The Morgan fingerprint density at radius 3 is 2.32 bits per heavy atom. The molecule has 148 valence electrons. The number of rotatable bonds is 8. The van der Waals surface area contributed by atoms with Crippen LogP contribution < -0.4 is 25.0 Å². The zero-order chi connectivity index (χ0) is 20.5. The molecule has 0 aromatic heterocycles. The molecule has 0 unspecified atom stereocenters. The molecule has 0 aliphatic heterocycles. The SMILES string of the molecule is COc1cc(/C=N/NC(=O)CNC(=O)c2cccc(F)c2)cc(OC)c1OC. The number of carbonyl (C=O) groups excluding carboxylic acids is 2. The lowest BCUT2D eigenvalue weighted by Gasteiger charge is -2.12. The van der Waals surface area contributed by atoms with Gasteiger partial charge in [-0.05, 0) is 30.3 Å². The largest absolute Gasteiger partial charge is 0.493 e. The van der Waals surface area contributed by atoms with Gasteiger partial charge in [0.1, 0.15) is 5.82 Å². The van der Waals surface area contributed by atoms with E-state index in [2.05, 4.69) is 15.8 Å². The van der Waals surface area contributed by atoms with Gasteiger partial charge in [0, 0.05) is 11.1 Å². The van der Waals surface area contributed by atoms with Crippen molar-refractivity contribution in [2.24, 2.45) is 5.10 Å². The number of nitrogens with one attached hydrogen (secondary N) is 2. The van der Waals surface area contributed by atoms with E-state index < -0.39 is 17.6 Å². The first kappa shape index (κ1) is 20.7. The smallest absolute Gasteiger partial charge is 0.259 e. The highest BCUT2D eigenvalue weighted by molar-refractivity contribution is 5.96. The van der Waals surface area contributed by atoms with Crippen LogP contribution in [-0.2, 0) is 4.79 Å². The molecule has 0 atom stereocenters. The number of ether oxygens (including phenoxy) is 3. The fourth-order valence-electron chi connectivity index (χ4n) is 2.29. The number of hydrogen-bond donors (Lipinski definition) is 2. The fourth-order valence-corrected chi connectivity index (χ4v) is 2.29. The molecular formula is C19H20FN3O5. The minimum absolute atomic E-state index is 0.119. The summed E-state index contributed by atoms with van der Waals surface area (Å²) in [7, 11) is 4.47. The molecule has 2 amide bonds. The zero-order valence-corrected chi connectivity index (χ0v) is 15.6. The van der Waals surface area contributed by atoms with E-state index in [-0.39, 0.29) is 12.1 Å². The summed E-state index contributed by atoms with van der Waals surface area (Å²) in [5, 5.41) is 6.20. The van der Waals surface area contributed by atoms with Crippen LogP contribution in [0.15, 0.2) is 41.5 Å². The third-order valence-corrected chi connectivity index (χ3v) is 3.59. The average molecular weight is 389 g/mol. The monoisotopic (exact) mass is 389 g/mol. The Labute approximate surface area is 161 Å². The molecule has 2 N–H and O–H groups in total. The van der Waals surface area contributed by atoms with E-state index in [0.717, 1.165) is 6.07 Å². The molecule has 0 bridgehead atoms. The van der Waals surface area contributed by atoms with Crippen LogP contribution in [0.4, 0.5) is 4.39 Å². The summed E-state index contributed by atoms with van der Waals surface area (Å²) in [4.78, 5) is 23.7. The van der Waals surface area contributed by atoms with Crippen molar-refractivity contribution in [3.05, 3.63) is 53.3 Å². The van der Waals surface area contributed by atoms with E-state index in [0.29, 0.717) is 22.8 Å². The van der Waals surface area contributed by atoms with Gasteiger partial charge in [-0.3, -0.25) is 9.59 Å². The van der Waals surface area contributed by atoms with Crippen LogP contribution in [-0.4, -0.2) is 45.9 Å². The molecule has 0 aliphatic rings. The molecule has 0 fully saturated rings. The second-order valence-electron chi connectivity index (χ2n) is 5.44. The maximum atomic E-state index is 13.1. The van der Waals surface area contributed by atoms with Crippen molar-refractivity contribution in [2.45, 2.75) is 0 Å². The number of halogens is 1. The number of hydrogen-bond acceptors (Lipinski definition) is 6. The molecule has 2 rings (SSSR count). The predicted molar refractivity (Wildman–Crippen MR) is 101 cm³/mol. The van der Waals surface area contributed by atoms with E-state index in [1.165, 1.54) is 45.7 Å². The third-order valence-electron chi connectivity index (χ3n) is 3.59. The van der Waals surface area contributed by atoms with Gasteiger partial charge in [-0.15, -0.1) is 0 Å². The van der Waals surface area contributed by atoms with Crippen LogP contribution in [0.3, 0.4) is 0 Å². The molecule has 0 aliphatic carbocycles. The Kier molecular flexibility index (Phi) is 7.32. The van der Waals surface area contributed by atoms with Crippen LogP contribution in [0, 0.1) is 5.82 Å². The topological polar surface area (TPSA) is 98.2 Å². The lowest BCUT2D eigenvalue weighted by atomic mass is 10.2. The molecule has 0 saturated heterocycles. The van der Waals surface area contributed by atoms with Crippen LogP contribution >= 0.6 is 0 Å². The Bertz CT molecular complexity index is 861. The summed E-state index contributed by atoms with van der Waals surface area (Å²) in [5.41, 5.74) is 3.00. The second-order valence-corrected chi connectivity index (χ2v) is 5.44. The van der Waals surface area contributed by atoms with Gasteiger partial charge in [0.05, 0.1) is 34.1 Å². The number of amides is 2. The van der Waals surface area contributed by atoms with E-state index in [4.69, 9.17) is 14.2 Å². The van der Waals surface area contributed by atoms with Gasteiger partial charge in [-0.1, -0.05) is 6.07 Å². The number of carbonyl (C=O) groups is 2. The van der Waals surface area contributed by atoms with E-state index in [1.54, 1.807) is 12.1 Å². The van der Waals surface area contributed by atoms with Crippen molar-refractivity contribution in [1.29, 1.82) is 0 Å². The number of methoxy groups -OCH3 is 3. The molecule has 0 radical (unpaired) electrons. The zero-order valence-electron chi connectivity index (χ0n) is 15.6. The number of benzene rings is 2. The third kappa shape index (κ3) is 5.44. The quantitative estimate of drug-likeness (QED) is 0.529. The average Bonchev–Trinajstić information content (AvgIpc) is 2.71. The maximum absolute atomic E-state index is 13.1. The number of hydrazone groups is 1. The molecule has 0 spiro atoms. The van der Waals surface area contributed by atoms with Crippen LogP contribution in [0.2, 0.25) is 0 Å². The van der Waals surface area contributed by atoms with Crippen LogP contribution in [0.1, 0.15) is 15.9 Å². The van der Waals surface area contributed by atoms with Gasteiger partial charge in [-0.25, -0.2) is 9.82 Å². The van der Waals surface area contributed by atoms with E-state index in [9.17, 15) is 14.0 Å². The minimum atomic E-state index is -0.566. The second kappa shape index (κ2) is 9.91. The highest BCUT2D eigenvalue weighted by Crippen LogP contribution is 2.37. The first-order valence-electron chi connectivity index (χ1n) is 8.14. The van der Waals surface area contributed by atoms with Crippen LogP contribution in [0.5, 0.6) is 17.2 Å². The van der Waals surface area contributed by atoms with E-state index >= 15 is 0 Å². The van der Waals surface area contributed by atoms with Crippen molar-refractivity contribution in [3.63, 3.8) is 0 Å². The summed E-state index contributed by atoms with van der Waals surface area (Å²) >= 11 is 0. The molecule has 0 saturated carbocycles. The molecule has 2 aromatic carbocycles. The minimum Gasteiger partial charge on any atom is -0.493 e. The first-order valence-corrected chi connectivity index (χ1v) is 8.14. The van der Waals surface area contributed by atoms with Gasteiger partial charge in [-0.2, -0.15) is 5.10 Å². The van der Waals surface area contributed by atoms with Crippen molar-refractivity contribution in [1.82, 2.24) is 10.7 Å². The molecular weight excluding hydrogens is 369 g/mol. The Balaban J connectivity index is 1.93. The number of nitrogens with zero attached hydrogens (tertiary/aromatic N) is 1. The van der Waals surface area contributed by atoms with Crippen molar-refractivity contribution in [3.8, 4) is 17.2 Å². The normalized spacial score (nSPS) is 10.4. The lowest BCUT2D eigenvalue weighted by molar-refractivity contribution is -0.120. The summed E-state index contributed by atoms with van der Waals surface area (Å²) in [6.07, 6.45) is 1.39. The summed E-state index contributed by atoms with van der Waals surface area (Å²) in [6, 6.07) is 8.47. The molecule has 2 aromatic rings. The lowest BCUT2D eigenvalue weighted by Crippen LogP contribution is -2.34. The highest BCUT2D eigenvalue weighted by Gasteiger charge is 2.12. The summed E-state index contributed by atoms with van der Waals surface area (Å²) < 4.78 is 28.8. The summed E-state index contributed by atoms with van der Waals surface area (Å²) in [6.45, 7) is -0.318. The van der Waals surface area contributed by atoms with Crippen molar-refractivity contribution in [2.75, 3.05) is 27.9 Å². The fraction of sp³-hybridized carbons (Fsp3) is 0.211. The van der Waals surface area contributed by atoms with E-state index in [1.807, 2.05) is 0 Å². The van der Waals surface area contributed by atoms with Crippen LogP contribution in [0.25, 0.3) is 0 Å². The molecule has 8 nitrogen and oxygen atoms in total. The first-order chi connectivity index (χ1) is 13.5. The van der Waals surface area contributed by atoms with Gasteiger partial charge in [0.25, 0.3) is 11.8 Å². The van der Waals surface area contributed by atoms with Gasteiger partial charge in [0.2, 0.25) is 5.75 Å². The molecule has 0 heterocycles. The van der Waals surface area contributed by atoms with Gasteiger partial charge < -0.3 is 19.5 Å². The maximum Gasteiger partial charge on any atom is 0.259 e. The molecule has 9 heteroatoms. The van der Waals surface area contributed by atoms with Gasteiger partial charge >= 0.3 is 0 Å². The Hall–Kier alpha value is -3.62. The Morgan fingerprint density at radius 2 is 1.75 bits per heavy atom. The highest BCUT2D eigenvalue weighted by atomic mass is 19.1. The standard InChI is InChI=1S/C19H20FN3O5/c1-26-15-7-12(8-16(27-2)18(15)28-3)10-22-23-17(24)11-21-19(25)13-5-4-6-14(20)9-13/h4-10H,11H2,1-3H3,(H,21,25)(H,23,24)/b22-10+. The Morgan fingerprint density at radius 1 is 1.07 bits per heavy atom. The molecule has 28 heavy (non-hydrogen) atoms. The van der Waals surface area contributed by atoms with Crippen molar-refractivity contribution < 1.29 is 28.2 Å². The summed E-state index contributed by atoms with van der Waals surface area (Å²) in [5.74, 6) is -0.330. The van der Waals surface area contributed by atoms with Crippen molar-refractivity contribution >= 4 is 18.0 Å². The predicted octanol–water partition coefficient (Wildman–Crippen LogP) is 1.73. The van der Waals surface area contributed by atoms with Gasteiger partial charge in [0.15, 0.2) is 11.5 Å².